The van der Waals surface area contributed by atoms with Gasteiger partial charge in [-0.1, -0.05) is 18.8 Å². The Bertz CT molecular complexity index is 1200. The Hall–Kier alpha value is -3.94. The molecule has 2 heterocycles. The molecule has 38 heavy (non-hydrogen) atoms. The molecule has 2 amide bonds. The Morgan fingerprint density at radius 3 is 2.68 bits per heavy atom. The summed E-state index contributed by atoms with van der Waals surface area (Å²) in [5, 5.41) is 9.22. The van der Waals surface area contributed by atoms with E-state index in [4.69, 9.17) is 4.74 Å². The van der Waals surface area contributed by atoms with E-state index in [2.05, 4.69) is 42.7 Å². The number of halogens is 1. The van der Waals surface area contributed by atoms with Crippen LogP contribution in [0, 0.1) is 23.7 Å². The van der Waals surface area contributed by atoms with Crippen LogP contribution < -0.4 is 16.0 Å². The molecule has 3 rings (SSSR count). The number of amides is 2. The number of hydrogen-bond acceptors (Lipinski definition) is 8. The van der Waals surface area contributed by atoms with Gasteiger partial charge in [0, 0.05) is 43.5 Å². The van der Waals surface area contributed by atoms with Crippen LogP contribution in [0.3, 0.4) is 0 Å². The maximum absolute atomic E-state index is 13.4. The van der Waals surface area contributed by atoms with E-state index in [1.807, 2.05) is 6.92 Å². The number of carbonyl (C=O) groups is 2. The molecule has 10 nitrogen and oxygen atoms in total. The lowest BCUT2D eigenvalue weighted by molar-refractivity contribution is -0.126. The Morgan fingerprint density at radius 2 is 2.03 bits per heavy atom. The molecule has 2 aromatic heterocycles. The lowest BCUT2D eigenvalue weighted by Gasteiger charge is -2.34. The smallest absolute Gasteiger partial charge is 0.410 e. The van der Waals surface area contributed by atoms with Gasteiger partial charge in [-0.3, -0.25) is 9.69 Å². The highest BCUT2D eigenvalue weighted by molar-refractivity contribution is 5.85. The standard InChI is InChI=1S/C27H36FN7O3/c1-7-11-30-23-19(16-31-25(34-23)33-20-10-12-29-22(28)15-20)9-8-18-13-21(14-18)32-24(36)17(2)35(6)26(37)38-27(3,4)5/h10,12,15-18,21H,7,11,13-14H2,1-6H3,(H,32,36)(H2,29,30,31,33,34)/t17-,18?,21?/m0/s1. The second-order valence-electron chi connectivity index (χ2n) is 10.3. The zero-order chi connectivity index (χ0) is 27.9. The normalized spacial score (nSPS) is 17.2. The summed E-state index contributed by atoms with van der Waals surface area (Å²) in [6, 6.07) is 2.23. The average Bonchev–Trinajstić information content (AvgIpc) is 2.82. The van der Waals surface area contributed by atoms with Crippen LogP contribution >= 0.6 is 0 Å². The van der Waals surface area contributed by atoms with Crippen LogP contribution in [-0.2, 0) is 9.53 Å². The fourth-order valence-electron chi connectivity index (χ4n) is 3.54. The predicted molar refractivity (Wildman–Crippen MR) is 143 cm³/mol. The van der Waals surface area contributed by atoms with Gasteiger partial charge in [0.1, 0.15) is 17.5 Å². The minimum absolute atomic E-state index is 0.00226. The molecule has 204 valence electrons. The van der Waals surface area contributed by atoms with Crippen molar-refractivity contribution < 1.29 is 18.7 Å². The van der Waals surface area contributed by atoms with Crippen molar-refractivity contribution in [1.82, 2.24) is 25.2 Å². The highest BCUT2D eigenvalue weighted by atomic mass is 19.1. The third-order valence-electron chi connectivity index (χ3n) is 5.85. The lowest BCUT2D eigenvalue weighted by Crippen LogP contribution is -2.52. The highest BCUT2D eigenvalue weighted by Gasteiger charge is 2.33. The van der Waals surface area contributed by atoms with Crippen LogP contribution in [0.2, 0.25) is 0 Å². The van der Waals surface area contributed by atoms with Gasteiger partial charge in [-0.2, -0.15) is 9.37 Å². The average molecular weight is 526 g/mol. The first-order chi connectivity index (χ1) is 17.9. The summed E-state index contributed by atoms with van der Waals surface area (Å²) in [6.07, 6.45) is 4.79. The maximum atomic E-state index is 13.4. The van der Waals surface area contributed by atoms with Gasteiger partial charge >= 0.3 is 6.09 Å². The Morgan fingerprint density at radius 1 is 1.29 bits per heavy atom. The molecule has 11 heteroatoms. The van der Waals surface area contributed by atoms with E-state index in [9.17, 15) is 14.0 Å². The molecule has 1 fully saturated rings. The molecule has 0 radical (unpaired) electrons. The molecule has 0 unspecified atom stereocenters. The molecule has 1 atom stereocenters. The van der Waals surface area contributed by atoms with E-state index in [1.165, 1.54) is 17.2 Å². The molecule has 2 aromatic rings. The molecule has 3 N–H and O–H groups in total. The van der Waals surface area contributed by atoms with Crippen LogP contribution in [0.25, 0.3) is 0 Å². The molecule has 0 saturated heterocycles. The summed E-state index contributed by atoms with van der Waals surface area (Å²) in [7, 11) is 1.55. The van der Waals surface area contributed by atoms with Crippen LogP contribution in [-0.4, -0.2) is 63.1 Å². The third kappa shape index (κ3) is 8.30. The largest absolute Gasteiger partial charge is 0.444 e. The van der Waals surface area contributed by atoms with Gasteiger partial charge in [-0.25, -0.2) is 14.8 Å². The van der Waals surface area contributed by atoms with Gasteiger partial charge in [-0.15, -0.1) is 0 Å². The summed E-state index contributed by atoms with van der Waals surface area (Å²) < 4.78 is 18.7. The van der Waals surface area contributed by atoms with E-state index in [0.717, 1.165) is 6.42 Å². The van der Waals surface area contributed by atoms with Crippen LogP contribution in [0.5, 0.6) is 0 Å². The van der Waals surface area contributed by atoms with Crippen molar-refractivity contribution in [3.63, 3.8) is 0 Å². The molecule has 0 aromatic carbocycles. The summed E-state index contributed by atoms with van der Waals surface area (Å²) in [5.41, 5.74) is 0.519. The first kappa shape index (κ1) is 28.6. The van der Waals surface area contributed by atoms with Crippen molar-refractivity contribution in [2.75, 3.05) is 24.2 Å². The maximum Gasteiger partial charge on any atom is 0.410 e. The number of ether oxygens (including phenoxy) is 1. The number of aromatic nitrogens is 3. The second kappa shape index (κ2) is 12.5. The molecule has 1 saturated carbocycles. The van der Waals surface area contributed by atoms with Crippen molar-refractivity contribution >= 4 is 29.5 Å². The molecular formula is C27H36FN7O3. The molecule has 0 bridgehead atoms. The number of nitrogens with one attached hydrogen (secondary N) is 3. The SMILES string of the molecule is CCCNc1nc(Nc2ccnc(F)c2)ncc1C#CC1CC(NC(=O)[C@H](C)N(C)C(=O)OC(C)(C)C)C1. The number of pyridine rings is 1. The van der Waals surface area contributed by atoms with Crippen molar-refractivity contribution in [2.24, 2.45) is 5.92 Å². The van der Waals surface area contributed by atoms with E-state index < -0.39 is 23.7 Å². The molecule has 0 aliphatic heterocycles. The predicted octanol–water partition coefficient (Wildman–Crippen LogP) is 4.08. The third-order valence-corrected chi connectivity index (χ3v) is 5.85. The summed E-state index contributed by atoms with van der Waals surface area (Å²) >= 11 is 0. The number of likely N-dealkylation sites (N-methyl/N-ethyl adjacent to an activating group) is 1. The second-order valence-corrected chi connectivity index (χ2v) is 10.3. The van der Waals surface area contributed by atoms with Gasteiger partial charge in [0.2, 0.25) is 17.8 Å². The van der Waals surface area contributed by atoms with Crippen molar-refractivity contribution in [2.45, 2.75) is 71.6 Å². The zero-order valence-corrected chi connectivity index (χ0v) is 22.8. The monoisotopic (exact) mass is 525 g/mol. The van der Waals surface area contributed by atoms with Gasteiger partial charge < -0.3 is 20.7 Å². The van der Waals surface area contributed by atoms with Crippen molar-refractivity contribution in [1.29, 1.82) is 0 Å². The number of rotatable bonds is 8. The highest BCUT2D eigenvalue weighted by Crippen LogP contribution is 2.27. The van der Waals surface area contributed by atoms with Crippen molar-refractivity contribution in [3.05, 3.63) is 36.0 Å². The van der Waals surface area contributed by atoms with Crippen LogP contribution in [0.1, 0.15) is 59.4 Å². The molecule has 1 aliphatic rings. The lowest BCUT2D eigenvalue weighted by atomic mass is 9.80. The van der Waals surface area contributed by atoms with E-state index in [1.54, 1.807) is 47.0 Å². The first-order valence-corrected chi connectivity index (χ1v) is 12.7. The molecule has 1 aliphatic carbocycles. The fourth-order valence-corrected chi connectivity index (χ4v) is 3.54. The number of anilines is 3. The number of nitrogens with zero attached hydrogens (tertiary/aromatic N) is 4. The summed E-state index contributed by atoms with van der Waals surface area (Å²) in [6.45, 7) is 9.78. The topological polar surface area (TPSA) is 121 Å². The van der Waals surface area contributed by atoms with E-state index >= 15 is 0 Å². The van der Waals surface area contributed by atoms with Crippen LogP contribution in [0.15, 0.2) is 24.5 Å². The van der Waals surface area contributed by atoms with Gasteiger partial charge in [0.05, 0.1) is 11.8 Å². The zero-order valence-electron chi connectivity index (χ0n) is 22.8. The molecular weight excluding hydrogens is 489 g/mol. The Labute approximate surface area is 223 Å². The van der Waals surface area contributed by atoms with Gasteiger partial charge in [0.15, 0.2) is 0 Å². The number of carbonyl (C=O) groups excluding carboxylic acids is 2. The first-order valence-electron chi connectivity index (χ1n) is 12.7. The van der Waals surface area contributed by atoms with E-state index in [0.29, 0.717) is 42.4 Å². The fraction of sp³-hybridized carbons (Fsp3) is 0.519. The summed E-state index contributed by atoms with van der Waals surface area (Å²) in [5.74, 6) is 6.61. The molecule has 0 spiro atoms. The van der Waals surface area contributed by atoms with Gasteiger partial charge in [0.25, 0.3) is 0 Å². The quantitative estimate of drug-likeness (QED) is 0.348. The van der Waals surface area contributed by atoms with Crippen molar-refractivity contribution in [3.8, 4) is 11.8 Å². The van der Waals surface area contributed by atoms with Gasteiger partial charge in [-0.05, 0) is 53.0 Å². The minimum atomic E-state index is -0.657. The summed E-state index contributed by atoms with van der Waals surface area (Å²) in [4.78, 5) is 38.5. The van der Waals surface area contributed by atoms with E-state index in [-0.39, 0.29) is 17.9 Å². The Balaban J connectivity index is 1.56. The minimum Gasteiger partial charge on any atom is -0.444 e. The Kier molecular flexibility index (Phi) is 9.45. The number of hydrogen-bond donors (Lipinski definition) is 3. The van der Waals surface area contributed by atoms with Crippen LogP contribution in [0.4, 0.5) is 26.6 Å².